The maximum absolute atomic E-state index is 12.8. The van der Waals surface area contributed by atoms with E-state index in [2.05, 4.69) is 5.32 Å². The van der Waals surface area contributed by atoms with Gasteiger partial charge in [0.05, 0.1) is 12.8 Å². The molecule has 0 unspecified atom stereocenters. The van der Waals surface area contributed by atoms with Crippen LogP contribution in [0.4, 0.5) is 5.69 Å². The first kappa shape index (κ1) is 19.4. The predicted octanol–water partition coefficient (Wildman–Crippen LogP) is 4.33. The average molecular weight is 376 g/mol. The van der Waals surface area contributed by atoms with Gasteiger partial charge in [0.15, 0.2) is 0 Å². The zero-order valence-corrected chi connectivity index (χ0v) is 15.9. The molecule has 144 valence electrons. The molecule has 0 bridgehead atoms. The SMILES string of the molecule is Cc1ccc(N(Cc2ccco2)C(=O)CCCNC(=O)c2ccccc2)cc1. The van der Waals surface area contributed by atoms with Gasteiger partial charge in [-0.15, -0.1) is 0 Å². The third-order valence-electron chi connectivity index (χ3n) is 4.43. The third-order valence-corrected chi connectivity index (χ3v) is 4.43. The van der Waals surface area contributed by atoms with Crippen LogP contribution >= 0.6 is 0 Å². The lowest BCUT2D eigenvalue weighted by molar-refractivity contribution is -0.118. The smallest absolute Gasteiger partial charge is 0.251 e. The normalized spacial score (nSPS) is 10.5. The van der Waals surface area contributed by atoms with E-state index in [1.165, 1.54) is 0 Å². The molecule has 3 rings (SSSR count). The topological polar surface area (TPSA) is 62.6 Å². The summed E-state index contributed by atoms with van der Waals surface area (Å²) in [7, 11) is 0. The van der Waals surface area contributed by atoms with Crippen LogP contribution in [-0.4, -0.2) is 18.4 Å². The predicted molar refractivity (Wildman–Crippen MR) is 109 cm³/mol. The Morgan fingerprint density at radius 1 is 0.964 bits per heavy atom. The first-order valence-electron chi connectivity index (χ1n) is 9.36. The Labute approximate surface area is 165 Å². The van der Waals surface area contributed by atoms with Gasteiger partial charge in [0, 0.05) is 24.2 Å². The lowest BCUT2D eigenvalue weighted by Crippen LogP contribution is -2.31. The standard InChI is InChI=1S/C23H24N2O3/c1-18-11-13-20(14-12-18)25(17-21-9-6-16-28-21)22(26)10-5-15-24-23(27)19-7-3-2-4-8-19/h2-4,6-9,11-14,16H,5,10,15,17H2,1H3,(H,24,27). The summed E-state index contributed by atoms with van der Waals surface area (Å²) in [4.78, 5) is 26.6. The van der Waals surface area contributed by atoms with Gasteiger partial charge in [0.2, 0.25) is 5.91 Å². The Kier molecular flexibility index (Phi) is 6.63. The number of amides is 2. The molecule has 0 spiro atoms. The number of anilines is 1. The van der Waals surface area contributed by atoms with Crippen LogP contribution in [0, 0.1) is 6.92 Å². The number of benzene rings is 2. The van der Waals surface area contributed by atoms with Crippen LogP contribution in [0.3, 0.4) is 0 Å². The number of hydrogen-bond donors (Lipinski definition) is 1. The monoisotopic (exact) mass is 376 g/mol. The summed E-state index contributed by atoms with van der Waals surface area (Å²) in [5, 5.41) is 2.86. The number of nitrogens with zero attached hydrogens (tertiary/aromatic N) is 1. The Hall–Kier alpha value is -3.34. The first-order valence-corrected chi connectivity index (χ1v) is 9.36. The highest BCUT2D eigenvalue weighted by Gasteiger charge is 2.17. The average Bonchev–Trinajstić information content (AvgIpc) is 3.24. The fourth-order valence-corrected chi connectivity index (χ4v) is 2.87. The molecule has 0 saturated heterocycles. The van der Waals surface area contributed by atoms with Gasteiger partial charge in [-0.05, 0) is 49.7 Å². The molecule has 0 saturated carbocycles. The summed E-state index contributed by atoms with van der Waals surface area (Å²) in [6.45, 7) is 2.84. The van der Waals surface area contributed by atoms with E-state index in [-0.39, 0.29) is 11.8 Å². The molecule has 2 amide bonds. The van der Waals surface area contributed by atoms with Gasteiger partial charge in [-0.2, -0.15) is 0 Å². The van der Waals surface area contributed by atoms with Gasteiger partial charge >= 0.3 is 0 Å². The van der Waals surface area contributed by atoms with E-state index in [9.17, 15) is 9.59 Å². The third kappa shape index (κ3) is 5.33. The van der Waals surface area contributed by atoms with E-state index in [0.29, 0.717) is 31.5 Å². The maximum atomic E-state index is 12.8. The van der Waals surface area contributed by atoms with E-state index < -0.39 is 0 Å². The van der Waals surface area contributed by atoms with Crippen molar-refractivity contribution < 1.29 is 14.0 Å². The number of carbonyl (C=O) groups is 2. The minimum atomic E-state index is -0.126. The van der Waals surface area contributed by atoms with E-state index in [1.807, 2.05) is 61.5 Å². The Bertz CT molecular complexity index is 887. The van der Waals surface area contributed by atoms with E-state index >= 15 is 0 Å². The van der Waals surface area contributed by atoms with Crippen molar-refractivity contribution in [3.8, 4) is 0 Å². The summed E-state index contributed by atoms with van der Waals surface area (Å²) >= 11 is 0. The zero-order chi connectivity index (χ0) is 19.8. The van der Waals surface area contributed by atoms with Crippen molar-refractivity contribution in [1.29, 1.82) is 0 Å². The zero-order valence-electron chi connectivity index (χ0n) is 15.9. The Balaban J connectivity index is 1.56. The Morgan fingerprint density at radius 2 is 1.71 bits per heavy atom. The van der Waals surface area contributed by atoms with Crippen LogP contribution < -0.4 is 10.2 Å². The minimum absolute atomic E-state index is 0.00536. The molecule has 0 aliphatic rings. The van der Waals surface area contributed by atoms with Crippen LogP contribution in [0.15, 0.2) is 77.4 Å². The van der Waals surface area contributed by atoms with E-state index in [0.717, 1.165) is 17.0 Å². The number of hydrogen-bond acceptors (Lipinski definition) is 3. The Morgan fingerprint density at radius 3 is 2.39 bits per heavy atom. The van der Waals surface area contributed by atoms with Gasteiger partial charge in [-0.3, -0.25) is 9.59 Å². The first-order chi connectivity index (χ1) is 13.6. The van der Waals surface area contributed by atoms with Crippen molar-refractivity contribution in [3.05, 3.63) is 89.9 Å². The molecule has 0 fully saturated rings. The second-order valence-electron chi connectivity index (χ2n) is 6.62. The van der Waals surface area contributed by atoms with Crippen LogP contribution in [0.5, 0.6) is 0 Å². The number of nitrogens with one attached hydrogen (secondary N) is 1. The quantitative estimate of drug-likeness (QED) is 0.595. The highest BCUT2D eigenvalue weighted by atomic mass is 16.3. The summed E-state index contributed by atoms with van der Waals surface area (Å²) in [6, 6.07) is 20.6. The fraction of sp³-hybridized carbons (Fsp3) is 0.217. The van der Waals surface area contributed by atoms with Crippen molar-refractivity contribution in [3.63, 3.8) is 0 Å². The van der Waals surface area contributed by atoms with E-state index in [1.54, 1.807) is 23.3 Å². The minimum Gasteiger partial charge on any atom is -0.467 e. The van der Waals surface area contributed by atoms with Crippen molar-refractivity contribution in [1.82, 2.24) is 5.32 Å². The summed E-state index contributed by atoms with van der Waals surface area (Å²) in [5.41, 5.74) is 2.59. The molecule has 0 atom stereocenters. The molecule has 5 heteroatoms. The van der Waals surface area contributed by atoms with Gasteiger partial charge in [0.1, 0.15) is 5.76 Å². The van der Waals surface area contributed by atoms with Crippen molar-refractivity contribution in [2.24, 2.45) is 0 Å². The fourth-order valence-electron chi connectivity index (χ4n) is 2.87. The summed E-state index contributed by atoms with van der Waals surface area (Å²) in [6.07, 6.45) is 2.51. The molecule has 5 nitrogen and oxygen atoms in total. The van der Waals surface area contributed by atoms with Crippen LogP contribution in [-0.2, 0) is 11.3 Å². The molecule has 0 aliphatic carbocycles. The van der Waals surface area contributed by atoms with Crippen LogP contribution in [0.1, 0.15) is 34.5 Å². The summed E-state index contributed by atoms with van der Waals surface area (Å²) in [5.74, 6) is 0.597. The molecule has 1 aromatic heterocycles. The lowest BCUT2D eigenvalue weighted by atomic mass is 10.2. The van der Waals surface area contributed by atoms with Crippen molar-refractivity contribution in [2.45, 2.75) is 26.3 Å². The van der Waals surface area contributed by atoms with Crippen LogP contribution in [0.2, 0.25) is 0 Å². The molecule has 1 N–H and O–H groups in total. The van der Waals surface area contributed by atoms with Gasteiger partial charge in [0.25, 0.3) is 5.91 Å². The molecule has 1 heterocycles. The van der Waals surface area contributed by atoms with Crippen molar-refractivity contribution >= 4 is 17.5 Å². The van der Waals surface area contributed by atoms with Crippen molar-refractivity contribution in [2.75, 3.05) is 11.4 Å². The van der Waals surface area contributed by atoms with E-state index in [4.69, 9.17) is 4.42 Å². The maximum Gasteiger partial charge on any atom is 0.251 e. The van der Waals surface area contributed by atoms with Gasteiger partial charge < -0.3 is 14.6 Å². The van der Waals surface area contributed by atoms with Gasteiger partial charge in [-0.25, -0.2) is 0 Å². The highest BCUT2D eigenvalue weighted by molar-refractivity contribution is 5.94. The molecule has 2 aromatic carbocycles. The second-order valence-corrected chi connectivity index (χ2v) is 6.62. The number of furan rings is 1. The van der Waals surface area contributed by atoms with Gasteiger partial charge in [-0.1, -0.05) is 35.9 Å². The molecular formula is C23H24N2O3. The molecule has 28 heavy (non-hydrogen) atoms. The molecule has 0 aliphatic heterocycles. The number of carbonyl (C=O) groups excluding carboxylic acids is 2. The number of rotatable bonds is 8. The second kappa shape index (κ2) is 9.55. The number of aryl methyl sites for hydroxylation is 1. The summed E-state index contributed by atoms with van der Waals surface area (Å²) < 4.78 is 5.41. The highest BCUT2D eigenvalue weighted by Crippen LogP contribution is 2.20. The molecular weight excluding hydrogens is 352 g/mol. The van der Waals surface area contributed by atoms with Crippen LogP contribution in [0.25, 0.3) is 0 Å². The molecule has 0 radical (unpaired) electrons. The lowest BCUT2D eigenvalue weighted by Gasteiger charge is -2.22. The largest absolute Gasteiger partial charge is 0.467 e. The molecule has 3 aromatic rings.